The molecule has 5 nitrogen and oxygen atoms in total. The molecule has 2 aromatic rings. The Labute approximate surface area is 177 Å². The fourth-order valence-electron chi connectivity index (χ4n) is 5.88. The number of aliphatic imine (C=N–C) groups is 1. The van der Waals surface area contributed by atoms with Gasteiger partial charge in [0.25, 0.3) is 0 Å². The molecule has 2 aromatic carbocycles. The van der Waals surface area contributed by atoms with Crippen LogP contribution in [0.5, 0.6) is 0 Å². The van der Waals surface area contributed by atoms with Crippen LogP contribution in [0.25, 0.3) is 0 Å². The number of carbonyl (C=O) groups excluding carboxylic acids is 1. The van der Waals surface area contributed by atoms with E-state index in [1.54, 1.807) is 4.90 Å². The molecule has 1 aliphatic heterocycles. The Kier molecular flexibility index (Phi) is 5.07. The summed E-state index contributed by atoms with van der Waals surface area (Å²) in [4.78, 5) is 20.5. The minimum atomic E-state index is -0.110. The van der Waals surface area contributed by atoms with Gasteiger partial charge in [0.2, 0.25) is 11.9 Å². The van der Waals surface area contributed by atoms with E-state index in [2.05, 4.69) is 34.6 Å². The largest absolute Gasteiger partial charge is 0.394 e. The Hall–Kier alpha value is -2.66. The number of hydrogen-bond acceptors (Lipinski definition) is 3. The number of carbonyl (C=O) groups is 1. The number of nitrogens with one attached hydrogen (secondary N) is 1. The molecule has 1 amide bonds. The van der Waals surface area contributed by atoms with Gasteiger partial charge in [-0.05, 0) is 47.9 Å². The molecule has 3 aliphatic rings. The molecule has 2 fully saturated rings. The number of hydrogen-bond donors (Lipinski definition) is 2. The zero-order valence-electron chi connectivity index (χ0n) is 17.3. The van der Waals surface area contributed by atoms with Crippen molar-refractivity contribution in [3.8, 4) is 0 Å². The van der Waals surface area contributed by atoms with E-state index in [1.165, 1.54) is 30.4 Å². The van der Waals surface area contributed by atoms with Crippen LogP contribution in [0.3, 0.4) is 0 Å². The van der Waals surface area contributed by atoms with Crippen molar-refractivity contribution in [2.75, 3.05) is 18.1 Å². The van der Waals surface area contributed by atoms with Crippen molar-refractivity contribution in [2.45, 2.75) is 44.6 Å². The van der Waals surface area contributed by atoms with Gasteiger partial charge in [0, 0.05) is 0 Å². The second kappa shape index (κ2) is 7.88. The van der Waals surface area contributed by atoms with Crippen molar-refractivity contribution in [1.29, 1.82) is 0 Å². The lowest BCUT2D eigenvalue weighted by Gasteiger charge is -2.54. The molecule has 0 radical (unpaired) electrons. The van der Waals surface area contributed by atoms with Gasteiger partial charge in [-0.1, -0.05) is 61.7 Å². The molecule has 156 valence electrons. The van der Waals surface area contributed by atoms with Crippen molar-refractivity contribution < 1.29 is 9.90 Å². The Morgan fingerprint density at radius 3 is 2.53 bits per heavy atom. The number of para-hydroxylation sites is 1. The molecule has 0 aromatic heterocycles. The molecule has 5 rings (SSSR count). The van der Waals surface area contributed by atoms with Crippen LogP contribution < -0.4 is 10.2 Å². The fraction of sp³-hybridized carbons (Fsp3) is 0.440. The zero-order valence-corrected chi connectivity index (χ0v) is 17.3. The van der Waals surface area contributed by atoms with E-state index in [0.717, 1.165) is 24.9 Å². The van der Waals surface area contributed by atoms with E-state index in [0.29, 0.717) is 5.96 Å². The molecule has 1 saturated carbocycles. The molecule has 2 unspecified atom stereocenters. The first-order chi connectivity index (χ1) is 14.7. The van der Waals surface area contributed by atoms with Crippen LogP contribution >= 0.6 is 0 Å². The average Bonchev–Trinajstić information content (AvgIpc) is 2.78. The van der Waals surface area contributed by atoms with Crippen molar-refractivity contribution in [3.05, 3.63) is 65.7 Å². The lowest BCUT2D eigenvalue weighted by atomic mass is 9.55. The predicted molar refractivity (Wildman–Crippen MR) is 118 cm³/mol. The second-order valence-corrected chi connectivity index (χ2v) is 8.84. The van der Waals surface area contributed by atoms with Crippen LogP contribution in [-0.2, 0) is 11.2 Å². The van der Waals surface area contributed by atoms with Gasteiger partial charge in [-0.2, -0.15) is 0 Å². The summed E-state index contributed by atoms with van der Waals surface area (Å²) in [5, 5.41) is 13.0. The minimum Gasteiger partial charge on any atom is -0.394 e. The third-order valence-corrected chi connectivity index (χ3v) is 7.13. The Morgan fingerprint density at radius 1 is 1.03 bits per heavy atom. The number of rotatable bonds is 3. The van der Waals surface area contributed by atoms with E-state index in [1.807, 2.05) is 30.3 Å². The maximum Gasteiger partial charge on any atom is 0.239 e. The molecular weight excluding hydrogens is 374 g/mol. The summed E-state index contributed by atoms with van der Waals surface area (Å²) in [6, 6.07) is 18.3. The van der Waals surface area contributed by atoms with Gasteiger partial charge in [0.15, 0.2) is 0 Å². The molecule has 2 N–H and O–H groups in total. The highest BCUT2D eigenvalue weighted by Gasteiger charge is 2.55. The van der Waals surface area contributed by atoms with Crippen LogP contribution in [0.4, 0.5) is 5.69 Å². The number of aliphatic hydroxyl groups excluding tert-OH is 1. The summed E-state index contributed by atoms with van der Waals surface area (Å²) in [5.41, 5.74) is 3.40. The highest BCUT2D eigenvalue weighted by atomic mass is 16.3. The maximum absolute atomic E-state index is 14.2. The predicted octanol–water partition coefficient (Wildman–Crippen LogP) is 3.84. The van der Waals surface area contributed by atoms with Gasteiger partial charge in [0.1, 0.15) is 0 Å². The van der Waals surface area contributed by atoms with Crippen molar-refractivity contribution in [3.63, 3.8) is 0 Å². The molecular formula is C25H29N3O2. The third kappa shape index (κ3) is 3.12. The van der Waals surface area contributed by atoms with E-state index < -0.39 is 0 Å². The van der Waals surface area contributed by atoms with Crippen LogP contribution in [0.2, 0.25) is 0 Å². The van der Waals surface area contributed by atoms with Crippen LogP contribution in [0.15, 0.2) is 59.6 Å². The number of guanidine groups is 1. The Bertz CT molecular complexity index is 950. The van der Waals surface area contributed by atoms with Crippen molar-refractivity contribution >= 4 is 17.6 Å². The highest BCUT2D eigenvalue weighted by Crippen LogP contribution is 2.55. The molecule has 2 aliphatic carbocycles. The molecule has 1 saturated heterocycles. The van der Waals surface area contributed by atoms with Gasteiger partial charge in [-0.15, -0.1) is 0 Å². The monoisotopic (exact) mass is 403 g/mol. The molecule has 30 heavy (non-hydrogen) atoms. The molecule has 0 bridgehead atoms. The summed E-state index contributed by atoms with van der Waals surface area (Å²) in [5.74, 6) is 0.572. The summed E-state index contributed by atoms with van der Waals surface area (Å²) >= 11 is 0. The van der Waals surface area contributed by atoms with Crippen molar-refractivity contribution in [1.82, 2.24) is 5.32 Å². The number of benzene rings is 2. The van der Waals surface area contributed by atoms with Gasteiger partial charge in [-0.25, -0.2) is 0 Å². The van der Waals surface area contributed by atoms with E-state index >= 15 is 0 Å². The van der Waals surface area contributed by atoms with E-state index in [-0.39, 0.29) is 36.4 Å². The zero-order chi connectivity index (χ0) is 20.6. The number of anilines is 1. The van der Waals surface area contributed by atoms with Crippen LogP contribution in [0, 0.1) is 11.3 Å². The number of amides is 1. The molecule has 5 heteroatoms. The van der Waals surface area contributed by atoms with Crippen LogP contribution in [0.1, 0.15) is 49.3 Å². The maximum atomic E-state index is 14.2. The summed E-state index contributed by atoms with van der Waals surface area (Å²) in [6.07, 6.45) is 6.81. The first kappa shape index (κ1) is 19.3. The van der Waals surface area contributed by atoms with Gasteiger partial charge < -0.3 is 10.4 Å². The van der Waals surface area contributed by atoms with Crippen LogP contribution in [-0.4, -0.2) is 30.1 Å². The smallest absolute Gasteiger partial charge is 0.239 e. The van der Waals surface area contributed by atoms with Gasteiger partial charge in [-0.3, -0.25) is 14.7 Å². The molecule has 1 heterocycles. The Morgan fingerprint density at radius 2 is 1.77 bits per heavy atom. The number of fused-ring (bicyclic) bond motifs is 4. The van der Waals surface area contributed by atoms with E-state index in [9.17, 15) is 9.90 Å². The number of nitrogens with zero attached hydrogens (tertiary/aromatic N) is 2. The second-order valence-electron chi connectivity index (χ2n) is 8.84. The first-order valence-electron chi connectivity index (χ1n) is 11.1. The highest BCUT2D eigenvalue weighted by molar-refractivity contribution is 6.19. The standard InChI is InChI=1S/C25H29N3O2/c29-16-15-26-24-27-22-20-12-6-5-9-18(20)17-25(13-7-2-8-14-25)21(22)23(30)28(24)19-10-3-1-4-11-19/h1,3-6,9-12,21-22,29H,2,7-8,13-17H2,(H,26,27). The third-order valence-electron chi connectivity index (χ3n) is 7.13. The lowest BCUT2D eigenvalue weighted by molar-refractivity contribution is -0.130. The first-order valence-corrected chi connectivity index (χ1v) is 11.1. The SMILES string of the molecule is O=C1C2C(NC(=NCCO)N1c1ccccc1)c1ccccc1CC21CCCCC1. The Balaban J connectivity index is 1.64. The average molecular weight is 404 g/mol. The normalized spacial score (nSPS) is 26.2. The quantitative estimate of drug-likeness (QED) is 0.819. The van der Waals surface area contributed by atoms with Gasteiger partial charge in [0.05, 0.1) is 30.8 Å². The number of aliphatic hydroxyl groups is 1. The summed E-state index contributed by atoms with van der Waals surface area (Å²) in [7, 11) is 0. The van der Waals surface area contributed by atoms with E-state index in [4.69, 9.17) is 0 Å². The minimum absolute atomic E-state index is 0.00308. The van der Waals surface area contributed by atoms with Crippen molar-refractivity contribution in [2.24, 2.45) is 16.3 Å². The molecule has 2 atom stereocenters. The summed E-state index contributed by atoms with van der Waals surface area (Å²) < 4.78 is 0. The van der Waals surface area contributed by atoms with Gasteiger partial charge >= 0.3 is 0 Å². The molecule has 1 spiro atoms. The topological polar surface area (TPSA) is 64.9 Å². The summed E-state index contributed by atoms with van der Waals surface area (Å²) in [6.45, 7) is 0.222. The lowest BCUT2D eigenvalue weighted by Crippen LogP contribution is -2.63. The fourth-order valence-corrected chi connectivity index (χ4v) is 5.88.